The Balaban J connectivity index is 2.02. The van der Waals surface area contributed by atoms with E-state index in [4.69, 9.17) is 11.6 Å². The number of hydrogen-bond acceptors (Lipinski definition) is 1. The van der Waals surface area contributed by atoms with Gasteiger partial charge in [0.1, 0.15) is 0 Å². The molecule has 106 valence electrons. The fraction of sp³-hybridized carbons (Fsp3) is 0.412. The molecule has 0 bridgehead atoms. The second-order valence-electron chi connectivity index (χ2n) is 6.52. The first-order valence-corrected chi connectivity index (χ1v) is 7.46. The highest BCUT2D eigenvalue weighted by molar-refractivity contribution is 6.30. The van der Waals surface area contributed by atoms with Gasteiger partial charge < -0.3 is 5.43 Å². The van der Waals surface area contributed by atoms with Gasteiger partial charge in [0.2, 0.25) is 0 Å². The number of halogens is 1. The highest BCUT2D eigenvalue weighted by Gasteiger charge is 2.39. The molecule has 0 fully saturated rings. The van der Waals surface area contributed by atoms with E-state index in [1.54, 1.807) is 0 Å². The summed E-state index contributed by atoms with van der Waals surface area (Å²) in [4.78, 5) is 0. The van der Waals surface area contributed by atoms with E-state index in [9.17, 15) is 0 Å². The van der Waals surface area contributed by atoms with E-state index in [0.717, 1.165) is 11.4 Å². The molecular formula is C17H21ClN2. The van der Waals surface area contributed by atoms with Gasteiger partial charge in [-0.2, -0.15) is 0 Å². The highest BCUT2D eigenvalue weighted by Crippen LogP contribution is 2.46. The van der Waals surface area contributed by atoms with Crippen LogP contribution in [0, 0.1) is 19.3 Å². The standard InChI is InChI=1S/C17H21ClN2/c1-11-5-6-12(2)20(11)19-16-15-9-14(18)8-7-13(15)10-17(16,3)4/h5-9,16,19H,10H2,1-4H3. The van der Waals surface area contributed by atoms with Crippen LogP contribution in [0.1, 0.15) is 42.4 Å². The topological polar surface area (TPSA) is 17.0 Å². The van der Waals surface area contributed by atoms with Crippen molar-refractivity contribution in [2.24, 2.45) is 5.41 Å². The third-order valence-electron chi connectivity index (χ3n) is 4.38. The number of benzene rings is 1. The van der Waals surface area contributed by atoms with Crippen molar-refractivity contribution < 1.29 is 0 Å². The van der Waals surface area contributed by atoms with Gasteiger partial charge >= 0.3 is 0 Å². The molecule has 2 nitrogen and oxygen atoms in total. The molecule has 1 aromatic carbocycles. The van der Waals surface area contributed by atoms with Gasteiger partial charge in [-0.25, -0.2) is 0 Å². The lowest BCUT2D eigenvalue weighted by atomic mass is 9.86. The average Bonchev–Trinajstić information content (AvgIpc) is 2.81. The summed E-state index contributed by atoms with van der Waals surface area (Å²) in [6, 6.07) is 10.8. The molecule has 3 rings (SSSR count). The first-order valence-electron chi connectivity index (χ1n) is 7.08. The number of nitrogens with zero attached hydrogens (tertiary/aromatic N) is 1. The summed E-state index contributed by atoms with van der Waals surface area (Å²) in [5, 5.41) is 0.814. The van der Waals surface area contributed by atoms with E-state index in [1.807, 2.05) is 6.07 Å². The lowest BCUT2D eigenvalue weighted by molar-refractivity contribution is 0.319. The molecule has 0 amide bonds. The Hall–Kier alpha value is -1.41. The fourth-order valence-corrected chi connectivity index (χ4v) is 3.44. The number of nitrogens with one attached hydrogen (secondary N) is 1. The van der Waals surface area contributed by atoms with E-state index in [2.05, 4.69) is 62.1 Å². The first-order chi connectivity index (χ1) is 9.38. The van der Waals surface area contributed by atoms with E-state index in [0.29, 0.717) is 0 Å². The molecule has 3 heteroatoms. The Kier molecular flexibility index (Phi) is 3.09. The summed E-state index contributed by atoms with van der Waals surface area (Å²) in [5.74, 6) is 0. The van der Waals surface area contributed by atoms with Crippen LogP contribution in [0.2, 0.25) is 5.02 Å². The van der Waals surface area contributed by atoms with Gasteiger partial charge in [-0.05, 0) is 61.1 Å². The molecule has 0 spiro atoms. The van der Waals surface area contributed by atoms with Crippen molar-refractivity contribution in [3.05, 3.63) is 57.9 Å². The Morgan fingerprint density at radius 2 is 1.80 bits per heavy atom. The molecule has 20 heavy (non-hydrogen) atoms. The summed E-state index contributed by atoms with van der Waals surface area (Å²) in [6.07, 6.45) is 1.08. The van der Waals surface area contributed by atoms with Gasteiger partial charge in [-0.15, -0.1) is 0 Å². The van der Waals surface area contributed by atoms with Crippen molar-refractivity contribution in [1.82, 2.24) is 4.68 Å². The zero-order valence-electron chi connectivity index (χ0n) is 12.5. The lowest BCUT2D eigenvalue weighted by Gasteiger charge is -2.31. The van der Waals surface area contributed by atoms with Crippen LogP contribution in [0.3, 0.4) is 0 Å². The van der Waals surface area contributed by atoms with Crippen molar-refractivity contribution in [2.45, 2.75) is 40.2 Å². The van der Waals surface area contributed by atoms with Crippen molar-refractivity contribution >= 4 is 11.6 Å². The van der Waals surface area contributed by atoms with E-state index >= 15 is 0 Å². The third-order valence-corrected chi connectivity index (χ3v) is 4.61. The molecule has 1 atom stereocenters. The average molecular weight is 289 g/mol. The predicted molar refractivity (Wildman–Crippen MR) is 84.9 cm³/mol. The minimum atomic E-state index is 0.177. The maximum atomic E-state index is 6.19. The third kappa shape index (κ3) is 2.12. The van der Waals surface area contributed by atoms with Gasteiger partial charge in [-0.3, -0.25) is 4.68 Å². The molecule has 0 aliphatic heterocycles. The Bertz CT molecular complexity index is 636. The van der Waals surface area contributed by atoms with Crippen LogP contribution >= 0.6 is 11.6 Å². The minimum absolute atomic E-state index is 0.177. The van der Waals surface area contributed by atoms with Gasteiger partial charge in [0.05, 0.1) is 6.04 Å². The SMILES string of the molecule is Cc1ccc(C)n1NC1c2cc(Cl)ccc2CC1(C)C. The second-order valence-corrected chi connectivity index (χ2v) is 6.96. The quantitative estimate of drug-likeness (QED) is 0.853. The molecule has 1 aliphatic carbocycles. The van der Waals surface area contributed by atoms with Crippen LogP contribution in [0.25, 0.3) is 0 Å². The Labute approximate surface area is 125 Å². The van der Waals surface area contributed by atoms with E-state index in [-0.39, 0.29) is 11.5 Å². The second kappa shape index (κ2) is 4.56. The highest BCUT2D eigenvalue weighted by atomic mass is 35.5. The molecule has 1 unspecified atom stereocenters. The van der Waals surface area contributed by atoms with Crippen molar-refractivity contribution in [3.8, 4) is 0 Å². The molecular weight excluding hydrogens is 268 g/mol. The summed E-state index contributed by atoms with van der Waals surface area (Å²) in [6.45, 7) is 8.88. The maximum Gasteiger partial charge on any atom is 0.0731 e. The van der Waals surface area contributed by atoms with Crippen molar-refractivity contribution in [3.63, 3.8) is 0 Å². The van der Waals surface area contributed by atoms with Crippen LogP contribution in [0.5, 0.6) is 0 Å². The number of aryl methyl sites for hydroxylation is 2. The summed E-state index contributed by atoms with van der Waals surface area (Å²) < 4.78 is 2.18. The van der Waals surface area contributed by atoms with Gasteiger partial charge in [0, 0.05) is 16.4 Å². The Morgan fingerprint density at radius 1 is 1.15 bits per heavy atom. The number of fused-ring (bicyclic) bond motifs is 1. The van der Waals surface area contributed by atoms with Crippen LogP contribution in [-0.4, -0.2) is 4.68 Å². The van der Waals surface area contributed by atoms with Gasteiger partial charge in [0.15, 0.2) is 0 Å². The lowest BCUT2D eigenvalue weighted by Crippen LogP contribution is -2.31. The summed E-state index contributed by atoms with van der Waals surface area (Å²) in [7, 11) is 0. The molecule has 0 radical (unpaired) electrons. The first kappa shape index (κ1) is 13.6. The molecule has 1 heterocycles. The van der Waals surface area contributed by atoms with E-state index in [1.165, 1.54) is 22.5 Å². The fourth-order valence-electron chi connectivity index (χ4n) is 3.25. The van der Waals surface area contributed by atoms with Gasteiger partial charge in [-0.1, -0.05) is 31.5 Å². The molecule has 1 aromatic heterocycles. The zero-order chi connectivity index (χ0) is 14.5. The molecule has 0 saturated heterocycles. The maximum absolute atomic E-state index is 6.19. The smallest absolute Gasteiger partial charge is 0.0731 e. The zero-order valence-corrected chi connectivity index (χ0v) is 13.3. The van der Waals surface area contributed by atoms with Crippen LogP contribution in [-0.2, 0) is 6.42 Å². The van der Waals surface area contributed by atoms with Crippen LogP contribution in [0.15, 0.2) is 30.3 Å². The number of hydrogen-bond donors (Lipinski definition) is 1. The molecule has 2 aromatic rings. The molecule has 1 N–H and O–H groups in total. The number of rotatable bonds is 2. The normalized spacial score (nSPS) is 19.9. The van der Waals surface area contributed by atoms with Gasteiger partial charge in [0.25, 0.3) is 0 Å². The van der Waals surface area contributed by atoms with Crippen molar-refractivity contribution in [1.29, 1.82) is 0 Å². The number of aromatic nitrogens is 1. The largest absolute Gasteiger partial charge is 0.318 e. The van der Waals surface area contributed by atoms with Crippen LogP contribution < -0.4 is 5.43 Å². The molecule has 1 aliphatic rings. The van der Waals surface area contributed by atoms with E-state index < -0.39 is 0 Å². The van der Waals surface area contributed by atoms with Crippen LogP contribution in [0.4, 0.5) is 0 Å². The Morgan fingerprint density at radius 3 is 2.45 bits per heavy atom. The minimum Gasteiger partial charge on any atom is -0.318 e. The summed E-state index contributed by atoms with van der Waals surface area (Å²) in [5.41, 5.74) is 9.06. The predicted octanol–water partition coefficient (Wildman–Crippen LogP) is 4.63. The monoisotopic (exact) mass is 288 g/mol. The molecule has 0 saturated carbocycles. The summed E-state index contributed by atoms with van der Waals surface area (Å²) >= 11 is 6.19. The van der Waals surface area contributed by atoms with Crippen molar-refractivity contribution in [2.75, 3.05) is 5.43 Å².